The van der Waals surface area contributed by atoms with Gasteiger partial charge < -0.3 is 19.7 Å². The lowest BCUT2D eigenvalue weighted by atomic mass is 10.1. The highest BCUT2D eigenvalue weighted by Gasteiger charge is 2.50. The van der Waals surface area contributed by atoms with E-state index in [1.54, 1.807) is 10.8 Å². The Balaban J connectivity index is 1.99. The summed E-state index contributed by atoms with van der Waals surface area (Å²) >= 11 is 0. The van der Waals surface area contributed by atoms with Crippen LogP contribution in [0.3, 0.4) is 0 Å². The molecule has 3 N–H and O–H groups in total. The fourth-order valence-electron chi connectivity index (χ4n) is 2.04. The summed E-state index contributed by atoms with van der Waals surface area (Å²) in [6, 6.07) is 1.77. The van der Waals surface area contributed by atoms with Crippen LogP contribution in [0.15, 0.2) is 12.3 Å². The molecule has 7 heteroatoms. The van der Waals surface area contributed by atoms with Crippen molar-refractivity contribution in [3.63, 3.8) is 0 Å². The summed E-state index contributed by atoms with van der Waals surface area (Å²) < 4.78 is 12.5. The molecule has 1 aromatic rings. The minimum absolute atomic E-state index is 0.0967. The second-order valence-electron chi connectivity index (χ2n) is 3.82. The Hall–Kier alpha value is -1.44. The number of hydrogen-bond acceptors (Lipinski definition) is 6. The molecule has 1 unspecified atom stereocenters. The van der Waals surface area contributed by atoms with Crippen LogP contribution in [0.5, 0.6) is 6.01 Å². The van der Waals surface area contributed by atoms with Crippen LogP contribution in [-0.4, -0.2) is 44.7 Å². The molecule has 0 radical (unpaired) electrons. The second kappa shape index (κ2) is 3.27. The van der Waals surface area contributed by atoms with Crippen molar-refractivity contribution in [2.75, 3.05) is 6.61 Å². The van der Waals surface area contributed by atoms with Gasteiger partial charge in [0.05, 0.1) is 6.61 Å². The molecule has 0 bridgehead atoms. The molecule has 2 aliphatic heterocycles. The van der Waals surface area contributed by atoms with Crippen molar-refractivity contribution in [3.05, 3.63) is 17.8 Å². The fraction of sp³-hybridized carbons (Fsp3) is 0.556. The SMILES string of the molecule is N=c1ccn2c(n1)O[C@@H]1C2O[C@H](CO)[C@H]1O. The minimum atomic E-state index is -0.883. The van der Waals surface area contributed by atoms with Gasteiger partial charge in [-0.3, -0.25) is 9.98 Å². The van der Waals surface area contributed by atoms with Gasteiger partial charge in [-0.15, -0.1) is 0 Å². The van der Waals surface area contributed by atoms with Gasteiger partial charge in [-0.2, -0.15) is 4.98 Å². The maximum Gasteiger partial charge on any atom is 0.301 e. The lowest BCUT2D eigenvalue weighted by Crippen LogP contribution is -2.34. The summed E-state index contributed by atoms with van der Waals surface area (Å²) in [6.07, 6.45) is -0.930. The fourth-order valence-corrected chi connectivity index (χ4v) is 2.04. The van der Waals surface area contributed by atoms with Gasteiger partial charge in [-0.1, -0.05) is 0 Å². The largest absolute Gasteiger partial charge is 0.454 e. The molecule has 0 spiro atoms. The van der Waals surface area contributed by atoms with Crippen LogP contribution >= 0.6 is 0 Å². The van der Waals surface area contributed by atoms with E-state index in [2.05, 4.69) is 4.98 Å². The molecule has 86 valence electrons. The molecule has 1 fully saturated rings. The molecule has 3 heterocycles. The minimum Gasteiger partial charge on any atom is -0.454 e. The summed E-state index contributed by atoms with van der Waals surface area (Å²) in [5.74, 6) is 0. The van der Waals surface area contributed by atoms with Crippen LogP contribution in [-0.2, 0) is 4.74 Å². The maximum absolute atomic E-state index is 9.80. The number of fused-ring (bicyclic) bond motifs is 3. The Labute approximate surface area is 90.4 Å². The van der Waals surface area contributed by atoms with Gasteiger partial charge in [-0.05, 0) is 6.07 Å². The standard InChI is InChI=1S/C9H11N3O4/c10-5-1-2-12-8-7(16-9(12)11-5)6(14)4(3-13)15-8/h1-2,4,6-8,10,13-14H,3H2/t4-,6-,7+,8?/m1/s1. The highest BCUT2D eigenvalue weighted by Crippen LogP contribution is 2.38. The lowest BCUT2D eigenvalue weighted by molar-refractivity contribution is -0.0434. The van der Waals surface area contributed by atoms with Crippen molar-refractivity contribution in [3.8, 4) is 6.01 Å². The summed E-state index contributed by atoms with van der Waals surface area (Å²) in [5, 5.41) is 26.1. The predicted molar refractivity (Wildman–Crippen MR) is 49.5 cm³/mol. The Kier molecular flexibility index (Phi) is 2.00. The summed E-state index contributed by atoms with van der Waals surface area (Å²) in [6.45, 7) is -0.253. The third kappa shape index (κ3) is 1.19. The molecule has 7 nitrogen and oxygen atoms in total. The topological polar surface area (TPSA) is 101 Å². The van der Waals surface area contributed by atoms with Crippen LogP contribution in [0.4, 0.5) is 0 Å². The molecular weight excluding hydrogens is 214 g/mol. The molecule has 0 aromatic carbocycles. The average Bonchev–Trinajstić information content (AvgIpc) is 2.75. The highest BCUT2D eigenvalue weighted by molar-refractivity contribution is 5.10. The van der Waals surface area contributed by atoms with Crippen molar-refractivity contribution in [1.29, 1.82) is 5.41 Å². The van der Waals surface area contributed by atoms with Crippen LogP contribution in [0.2, 0.25) is 0 Å². The lowest BCUT2D eigenvalue weighted by Gasteiger charge is -2.14. The van der Waals surface area contributed by atoms with Gasteiger partial charge in [0.1, 0.15) is 12.2 Å². The first-order valence-electron chi connectivity index (χ1n) is 4.95. The van der Waals surface area contributed by atoms with Crippen LogP contribution < -0.4 is 10.2 Å². The number of rotatable bonds is 1. The Bertz CT molecular complexity index is 474. The normalized spacial score (nSPS) is 35.6. The zero-order valence-corrected chi connectivity index (χ0v) is 8.28. The first kappa shape index (κ1) is 9.76. The van der Waals surface area contributed by atoms with E-state index in [4.69, 9.17) is 20.0 Å². The first-order chi connectivity index (χ1) is 7.70. The van der Waals surface area contributed by atoms with E-state index in [9.17, 15) is 5.11 Å². The van der Waals surface area contributed by atoms with E-state index in [0.717, 1.165) is 0 Å². The second-order valence-corrected chi connectivity index (χ2v) is 3.82. The quantitative estimate of drug-likeness (QED) is 0.533. The third-order valence-corrected chi connectivity index (χ3v) is 2.84. The third-order valence-electron chi connectivity index (χ3n) is 2.84. The number of aliphatic hydroxyl groups is 2. The number of aromatic nitrogens is 2. The summed E-state index contributed by atoms with van der Waals surface area (Å²) in [5.41, 5.74) is 0.0967. The molecule has 0 saturated carbocycles. The number of nitrogens with one attached hydrogen (secondary N) is 1. The number of ether oxygens (including phenoxy) is 2. The summed E-state index contributed by atoms with van der Waals surface area (Å²) in [4.78, 5) is 3.88. The van der Waals surface area contributed by atoms with Crippen molar-refractivity contribution < 1.29 is 19.7 Å². The molecule has 1 aromatic heterocycles. The van der Waals surface area contributed by atoms with E-state index >= 15 is 0 Å². The van der Waals surface area contributed by atoms with Crippen molar-refractivity contribution >= 4 is 0 Å². The van der Waals surface area contributed by atoms with Gasteiger partial charge >= 0.3 is 6.01 Å². The molecule has 1 saturated heterocycles. The van der Waals surface area contributed by atoms with E-state index in [1.165, 1.54) is 6.07 Å². The van der Waals surface area contributed by atoms with E-state index < -0.39 is 24.5 Å². The number of aliphatic hydroxyl groups excluding tert-OH is 2. The average molecular weight is 225 g/mol. The molecular formula is C9H11N3O4. The zero-order valence-electron chi connectivity index (χ0n) is 8.28. The predicted octanol–water partition coefficient (Wildman–Crippen LogP) is -1.63. The molecule has 16 heavy (non-hydrogen) atoms. The van der Waals surface area contributed by atoms with E-state index in [0.29, 0.717) is 0 Å². The monoisotopic (exact) mass is 225 g/mol. The smallest absolute Gasteiger partial charge is 0.301 e. The molecule has 4 atom stereocenters. The number of nitrogens with zero attached hydrogens (tertiary/aromatic N) is 2. The Morgan fingerprint density at radius 2 is 2.38 bits per heavy atom. The Morgan fingerprint density at radius 3 is 3.12 bits per heavy atom. The highest BCUT2D eigenvalue weighted by atomic mass is 16.6. The number of hydrogen-bond donors (Lipinski definition) is 3. The summed E-state index contributed by atoms with van der Waals surface area (Å²) in [7, 11) is 0. The Morgan fingerprint density at radius 1 is 1.56 bits per heavy atom. The van der Waals surface area contributed by atoms with E-state index in [1.807, 2.05) is 0 Å². The van der Waals surface area contributed by atoms with Gasteiger partial charge in [-0.25, -0.2) is 0 Å². The van der Waals surface area contributed by atoms with Crippen LogP contribution in [0.1, 0.15) is 6.23 Å². The van der Waals surface area contributed by atoms with Crippen molar-refractivity contribution in [1.82, 2.24) is 9.55 Å². The molecule has 3 rings (SSSR count). The zero-order chi connectivity index (χ0) is 11.3. The van der Waals surface area contributed by atoms with E-state index in [-0.39, 0.29) is 18.1 Å². The van der Waals surface area contributed by atoms with Gasteiger partial charge in [0.25, 0.3) is 0 Å². The molecule has 2 aliphatic rings. The van der Waals surface area contributed by atoms with Gasteiger partial charge in [0.2, 0.25) is 0 Å². The molecule has 0 amide bonds. The first-order valence-corrected chi connectivity index (χ1v) is 4.95. The van der Waals surface area contributed by atoms with Crippen LogP contribution in [0, 0.1) is 5.41 Å². The van der Waals surface area contributed by atoms with Crippen molar-refractivity contribution in [2.24, 2.45) is 0 Å². The molecule has 0 aliphatic carbocycles. The van der Waals surface area contributed by atoms with Gasteiger partial charge in [0, 0.05) is 6.20 Å². The van der Waals surface area contributed by atoms with Crippen LogP contribution in [0.25, 0.3) is 0 Å². The van der Waals surface area contributed by atoms with Crippen molar-refractivity contribution in [2.45, 2.75) is 24.5 Å². The maximum atomic E-state index is 9.80. The van der Waals surface area contributed by atoms with Gasteiger partial charge in [0.15, 0.2) is 17.8 Å².